The molecule has 2 saturated heterocycles. The van der Waals surface area contributed by atoms with Crippen LogP contribution in [0.5, 0.6) is 0 Å². The zero-order valence-electron chi connectivity index (χ0n) is 19.6. The zero-order valence-corrected chi connectivity index (χ0v) is 21.2. The van der Waals surface area contributed by atoms with Crippen molar-refractivity contribution in [1.82, 2.24) is 24.2 Å². The first-order valence-electron chi connectivity index (χ1n) is 11.2. The van der Waals surface area contributed by atoms with E-state index in [0.29, 0.717) is 26.3 Å². The molecule has 2 fully saturated rings. The summed E-state index contributed by atoms with van der Waals surface area (Å²) in [6.45, 7) is 15.9. The van der Waals surface area contributed by atoms with Crippen molar-refractivity contribution < 1.29 is 14.3 Å². The number of carbonyl (C=O) groups excluding carboxylic acids is 1. The fraction of sp³-hybridized carbons (Fsp3) is 0.682. The van der Waals surface area contributed by atoms with Crippen LogP contribution in [-0.2, 0) is 15.0 Å². The van der Waals surface area contributed by atoms with E-state index in [1.54, 1.807) is 4.90 Å². The Bertz CT molecular complexity index is 972. The molecule has 176 valence electrons. The van der Waals surface area contributed by atoms with Crippen LogP contribution in [0, 0.1) is 0 Å². The summed E-state index contributed by atoms with van der Waals surface area (Å²) in [5.41, 5.74) is 1.06. The van der Waals surface area contributed by atoms with Gasteiger partial charge in [0.05, 0.1) is 24.4 Å². The quantitative estimate of drug-likeness (QED) is 0.630. The van der Waals surface area contributed by atoms with E-state index in [2.05, 4.69) is 50.2 Å². The minimum absolute atomic E-state index is 0.242. The number of anilines is 1. The Hall–Kier alpha value is -1.91. The molecule has 0 bridgehead atoms. The number of ether oxygens (including phenoxy) is 2. The highest BCUT2D eigenvalue weighted by atomic mass is 79.9. The van der Waals surface area contributed by atoms with Gasteiger partial charge in [0.15, 0.2) is 11.5 Å². The standard InChI is InChI=1S/C22H33BrN6O3/c1-21(2,3)32-20(30)27-6-8-29(9-7-27)22(4,5)16-14-28-15-17(23)25-19(18(28)24-16)26-10-12-31-13-11-26/h14-15H,6-13H2,1-5H3. The Labute approximate surface area is 197 Å². The molecule has 2 aromatic heterocycles. The largest absolute Gasteiger partial charge is 0.444 e. The lowest BCUT2D eigenvalue weighted by atomic mass is 9.98. The lowest BCUT2D eigenvalue weighted by Crippen LogP contribution is -2.55. The number of fused-ring (bicyclic) bond motifs is 1. The summed E-state index contributed by atoms with van der Waals surface area (Å²) in [6.07, 6.45) is 3.80. The first-order valence-corrected chi connectivity index (χ1v) is 12.0. The molecule has 9 nitrogen and oxygen atoms in total. The SMILES string of the molecule is CC(C)(C)OC(=O)N1CCN(C(C)(C)c2cn3cc(Br)nc(N4CCOCC4)c3n2)CC1. The predicted molar refractivity (Wildman–Crippen MR) is 126 cm³/mol. The molecular formula is C22H33BrN6O3. The van der Waals surface area contributed by atoms with Gasteiger partial charge in [-0.15, -0.1) is 0 Å². The van der Waals surface area contributed by atoms with Gasteiger partial charge in [-0.05, 0) is 50.5 Å². The van der Waals surface area contributed by atoms with Crippen molar-refractivity contribution in [3.05, 3.63) is 22.7 Å². The van der Waals surface area contributed by atoms with Crippen LogP contribution in [0.4, 0.5) is 10.6 Å². The second-order valence-corrected chi connectivity index (χ2v) is 10.7. The first kappa shape index (κ1) is 23.3. The molecule has 0 aromatic carbocycles. The second-order valence-electron chi connectivity index (χ2n) is 9.86. The van der Waals surface area contributed by atoms with Gasteiger partial charge in [-0.1, -0.05) is 0 Å². The molecular weight excluding hydrogens is 476 g/mol. The molecule has 0 unspecified atom stereocenters. The van der Waals surface area contributed by atoms with Crippen molar-refractivity contribution in [2.75, 3.05) is 57.4 Å². The minimum atomic E-state index is -0.482. The zero-order chi connectivity index (χ0) is 23.1. The maximum atomic E-state index is 12.4. The molecule has 4 rings (SSSR count). The molecule has 0 radical (unpaired) electrons. The van der Waals surface area contributed by atoms with Gasteiger partial charge in [-0.25, -0.2) is 14.8 Å². The molecule has 32 heavy (non-hydrogen) atoms. The molecule has 0 saturated carbocycles. The highest BCUT2D eigenvalue weighted by molar-refractivity contribution is 9.10. The number of imidazole rings is 1. The van der Waals surface area contributed by atoms with Gasteiger partial charge in [0.2, 0.25) is 0 Å². The number of amides is 1. The third-order valence-electron chi connectivity index (χ3n) is 6.05. The van der Waals surface area contributed by atoms with E-state index in [1.807, 2.05) is 27.0 Å². The normalized spacial score (nSPS) is 18.9. The smallest absolute Gasteiger partial charge is 0.410 e. The maximum Gasteiger partial charge on any atom is 0.410 e. The molecule has 2 aromatic rings. The molecule has 1 amide bonds. The van der Waals surface area contributed by atoms with Crippen molar-refractivity contribution >= 4 is 33.5 Å². The minimum Gasteiger partial charge on any atom is -0.444 e. The average molecular weight is 509 g/mol. The predicted octanol–water partition coefficient (Wildman–Crippen LogP) is 3.12. The van der Waals surface area contributed by atoms with E-state index in [1.165, 1.54) is 0 Å². The molecule has 2 aliphatic heterocycles. The highest BCUT2D eigenvalue weighted by Gasteiger charge is 2.36. The maximum absolute atomic E-state index is 12.4. The number of hydrogen-bond donors (Lipinski definition) is 0. The van der Waals surface area contributed by atoms with Crippen molar-refractivity contribution in [3.8, 4) is 0 Å². The molecule has 2 aliphatic rings. The molecule has 10 heteroatoms. The summed E-state index contributed by atoms with van der Waals surface area (Å²) < 4.78 is 13.9. The molecule has 0 N–H and O–H groups in total. The second kappa shape index (κ2) is 8.79. The summed E-state index contributed by atoms with van der Waals surface area (Å²) >= 11 is 3.55. The van der Waals surface area contributed by atoms with Gasteiger partial charge in [0.25, 0.3) is 0 Å². The van der Waals surface area contributed by atoms with E-state index in [9.17, 15) is 4.79 Å². The number of aromatic nitrogens is 3. The van der Waals surface area contributed by atoms with E-state index in [-0.39, 0.29) is 11.6 Å². The molecule has 0 aliphatic carbocycles. The van der Waals surface area contributed by atoms with Crippen molar-refractivity contribution in [1.29, 1.82) is 0 Å². The lowest BCUT2D eigenvalue weighted by Gasteiger charge is -2.43. The number of halogens is 1. The Morgan fingerprint density at radius 3 is 2.28 bits per heavy atom. The average Bonchev–Trinajstić information content (AvgIpc) is 3.17. The Balaban J connectivity index is 1.53. The summed E-state index contributed by atoms with van der Waals surface area (Å²) in [7, 11) is 0. The fourth-order valence-corrected chi connectivity index (χ4v) is 4.56. The van der Waals surface area contributed by atoms with Gasteiger partial charge in [0, 0.05) is 51.7 Å². The van der Waals surface area contributed by atoms with Crippen LogP contribution in [0.3, 0.4) is 0 Å². The Morgan fingerprint density at radius 1 is 1.00 bits per heavy atom. The van der Waals surface area contributed by atoms with E-state index >= 15 is 0 Å². The molecule has 4 heterocycles. The van der Waals surface area contributed by atoms with Crippen molar-refractivity contribution in [2.24, 2.45) is 0 Å². The van der Waals surface area contributed by atoms with Crippen molar-refractivity contribution in [2.45, 2.75) is 45.8 Å². The van der Waals surface area contributed by atoms with Gasteiger partial charge >= 0.3 is 6.09 Å². The van der Waals surface area contributed by atoms with Gasteiger partial charge in [-0.3, -0.25) is 4.90 Å². The van der Waals surface area contributed by atoms with Crippen LogP contribution < -0.4 is 4.90 Å². The first-order chi connectivity index (χ1) is 15.0. The summed E-state index contributed by atoms with van der Waals surface area (Å²) in [5.74, 6) is 0.875. The summed E-state index contributed by atoms with van der Waals surface area (Å²) in [6, 6.07) is 0. The van der Waals surface area contributed by atoms with Crippen LogP contribution in [0.15, 0.2) is 17.0 Å². The van der Waals surface area contributed by atoms with E-state index < -0.39 is 5.60 Å². The number of hydrogen-bond acceptors (Lipinski definition) is 7. The number of nitrogens with zero attached hydrogens (tertiary/aromatic N) is 6. The van der Waals surface area contributed by atoms with Crippen LogP contribution >= 0.6 is 15.9 Å². The van der Waals surface area contributed by atoms with Crippen LogP contribution in [-0.4, -0.2) is 88.3 Å². The number of morpholine rings is 1. The summed E-state index contributed by atoms with van der Waals surface area (Å²) in [5, 5.41) is 0. The van der Waals surface area contributed by atoms with Crippen LogP contribution in [0.1, 0.15) is 40.3 Å². The number of carbonyl (C=O) groups is 1. The third-order valence-corrected chi connectivity index (χ3v) is 6.43. The van der Waals surface area contributed by atoms with Crippen LogP contribution in [0.2, 0.25) is 0 Å². The van der Waals surface area contributed by atoms with Gasteiger partial charge < -0.3 is 23.7 Å². The molecule has 0 spiro atoms. The number of rotatable bonds is 3. The Morgan fingerprint density at radius 2 is 1.66 bits per heavy atom. The summed E-state index contributed by atoms with van der Waals surface area (Å²) in [4.78, 5) is 28.6. The van der Waals surface area contributed by atoms with Gasteiger partial charge in [0.1, 0.15) is 10.2 Å². The van der Waals surface area contributed by atoms with Crippen LogP contribution in [0.25, 0.3) is 5.65 Å². The lowest BCUT2D eigenvalue weighted by molar-refractivity contribution is 0.000758. The molecule has 0 atom stereocenters. The number of piperazine rings is 1. The van der Waals surface area contributed by atoms with E-state index in [4.69, 9.17) is 19.4 Å². The highest BCUT2D eigenvalue weighted by Crippen LogP contribution is 2.31. The monoisotopic (exact) mass is 508 g/mol. The Kier molecular flexibility index (Phi) is 6.39. The van der Waals surface area contributed by atoms with Gasteiger partial charge in [-0.2, -0.15) is 0 Å². The van der Waals surface area contributed by atoms with E-state index in [0.717, 1.165) is 47.9 Å². The van der Waals surface area contributed by atoms with Crippen molar-refractivity contribution in [3.63, 3.8) is 0 Å². The topological polar surface area (TPSA) is 75.4 Å². The fourth-order valence-electron chi connectivity index (χ4n) is 4.17. The third kappa shape index (κ3) is 4.87.